The highest BCUT2D eigenvalue weighted by Gasteiger charge is 2.32. The first-order valence-electron chi connectivity index (χ1n) is 15.4. The van der Waals surface area contributed by atoms with E-state index in [2.05, 4.69) is 22.9 Å². The van der Waals surface area contributed by atoms with E-state index in [0.717, 1.165) is 24.8 Å². The van der Waals surface area contributed by atoms with Crippen LogP contribution in [0.15, 0.2) is 30.3 Å². The third-order valence-electron chi connectivity index (χ3n) is 7.60. The predicted molar refractivity (Wildman–Crippen MR) is 159 cm³/mol. The summed E-state index contributed by atoms with van der Waals surface area (Å²) in [7, 11) is 0. The molecule has 1 aromatic carbocycles. The van der Waals surface area contributed by atoms with Crippen LogP contribution in [-0.2, 0) is 20.9 Å². The topological polar surface area (TPSA) is 96.5 Å². The molecule has 0 aliphatic rings. The maximum Gasteiger partial charge on any atom is 0.408 e. The van der Waals surface area contributed by atoms with E-state index < -0.39 is 18.2 Å². The molecule has 3 amide bonds. The van der Waals surface area contributed by atoms with E-state index in [1.165, 1.54) is 51.4 Å². The first-order chi connectivity index (χ1) is 18.8. The minimum absolute atomic E-state index is 0.0377. The van der Waals surface area contributed by atoms with Crippen molar-refractivity contribution in [3.8, 4) is 0 Å². The monoisotopic (exact) mass is 545 g/mol. The van der Waals surface area contributed by atoms with Crippen molar-refractivity contribution in [3.05, 3.63) is 35.9 Å². The van der Waals surface area contributed by atoms with Crippen LogP contribution in [0.4, 0.5) is 4.79 Å². The van der Waals surface area contributed by atoms with Gasteiger partial charge >= 0.3 is 6.09 Å². The van der Waals surface area contributed by atoms with Crippen molar-refractivity contribution in [2.75, 3.05) is 6.54 Å². The largest absolute Gasteiger partial charge is 0.445 e. The summed E-state index contributed by atoms with van der Waals surface area (Å²) >= 11 is 0. The van der Waals surface area contributed by atoms with E-state index in [1.807, 2.05) is 58.0 Å². The summed E-state index contributed by atoms with van der Waals surface area (Å²) in [6, 6.07) is 7.95. The molecule has 0 radical (unpaired) electrons. The molecule has 0 aliphatic carbocycles. The second-order valence-corrected chi connectivity index (χ2v) is 10.9. The summed E-state index contributed by atoms with van der Waals surface area (Å²) in [5.41, 5.74) is 0.869. The van der Waals surface area contributed by atoms with E-state index in [1.54, 1.807) is 0 Å². The van der Waals surface area contributed by atoms with Crippen LogP contribution < -0.4 is 16.0 Å². The molecule has 0 saturated heterocycles. The number of benzene rings is 1. The van der Waals surface area contributed by atoms with Crippen molar-refractivity contribution in [3.63, 3.8) is 0 Å². The van der Waals surface area contributed by atoms with Crippen molar-refractivity contribution in [1.29, 1.82) is 0 Å². The van der Waals surface area contributed by atoms with Crippen molar-refractivity contribution < 1.29 is 19.1 Å². The number of carbonyl (C=O) groups excluding carboxylic acids is 3. The van der Waals surface area contributed by atoms with E-state index in [0.29, 0.717) is 13.0 Å². The van der Waals surface area contributed by atoms with Gasteiger partial charge in [-0.15, -0.1) is 0 Å². The molecular formula is C32H55N3O4. The van der Waals surface area contributed by atoms with E-state index >= 15 is 0 Å². The Labute approximate surface area is 237 Å². The van der Waals surface area contributed by atoms with Gasteiger partial charge in [0.1, 0.15) is 18.7 Å². The Hall–Kier alpha value is -2.57. The van der Waals surface area contributed by atoms with Crippen LogP contribution in [0.5, 0.6) is 0 Å². The molecular weight excluding hydrogens is 490 g/mol. The molecule has 0 unspecified atom stereocenters. The fourth-order valence-corrected chi connectivity index (χ4v) is 4.47. The maximum absolute atomic E-state index is 13.3. The SMILES string of the molecule is CCCCCCCCCCCCNC(=O)[C@@H](NC(=O)[C@@H](NC(=O)OCc1ccccc1)[C@@H](C)CC)[C@@H](C)CC. The lowest BCUT2D eigenvalue weighted by atomic mass is 9.95. The van der Waals surface area contributed by atoms with Crippen LogP contribution in [0.3, 0.4) is 0 Å². The van der Waals surface area contributed by atoms with Crippen LogP contribution >= 0.6 is 0 Å². The number of rotatable bonds is 21. The van der Waals surface area contributed by atoms with Gasteiger partial charge in [0.15, 0.2) is 0 Å². The molecule has 222 valence electrons. The summed E-state index contributed by atoms with van der Waals surface area (Å²) in [6.45, 7) is 10.8. The Morgan fingerprint density at radius 3 is 1.74 bits per heavy atom. The quantitative estimate of drug-likeness (QED) is 0.146. The van der Waals surface area contributed by atoms with Crippen LogP contribution in [0.1, 0.15) is 117 Å². The van der Waals surface area contributed by atoms with E-state index in [4.69, 9.17) is 4.74 Å². The highest BCUT2D eigenvalue weighted by molar-refractivity contribution is 5.91. The molecule has 0 bridgehead atoms. The van der Waals surface area contributed by atoms with Gasteiger partial charge < -0.3 is 20.7 Å². The number of carbonyl (C=O) groups is 3. The van der Waals surface area contributed by atoms with Gasteiger partial charge in [0.05, 0.1) is 0 Å². The van der Waals surface area contributed by atoms with Gasteiger partial charge in [-0.05, 0) is 23.8 Å². The minimum Gasteiger partial charge on any atom is -0.445 e. The number of hydrogen-bond donors (Lipinski definition) is 3. The first-order valence-corrected chi connectivity index (χ1v) is 15.4. The molecule has 7 heteroatoms. The predicted octanol–water partition coefficient (Wildman–Crippen LogP) is 6.90. The normalized spacial score (nSPS) is 14.1. The Balaban J connectivity index is 2.53. The fraction of sp³-hybridized carbons (Fsp3) is 0.719. The van der Waals surface area contributed by atoms with Crippen LogP contribution in [0.25, 0.3) is 0 Å². The fourth-order valence-electron chi connectivity index (χ4n) is 4.47. The molecule has 0 saturated carbocycles. The number of alkyl carbamates (subject to hydrolysis) is 1. The maximum atomic E-state index is 13.3. The van der Waals surface area contributed by atoms with Crippen LogP contribution in [0.2, 0.25) is 0 Å². The molecule has 3 N–H and O–H groups in total. The number of hydrogen-bond acceptors (Lipinski definition) is 4. The molecule has 0 heterocycles. The number of nitrogens with one attached hydrogen (secondary N) is 3. The highest BCUT2D eigenvalue weighted by Crippen LogP contribution is 2.14. The van der Waals surface area contributed by atoms with Crippen molar-refractivity contribution in [1.82, 2.24) is 16.0 Å². The Morgan fingerprint density at radius 1 is 0.692 bits per heavy atom. The van der Waals surface area contributed by atoms with Gasteiger partial charge in [-0.2, -0.15) is 0 Å². The second-order valence-electron chi connectivity index (χ2n) is 10.9. The Bertz CT molecular complexity index is 802. The zero-order valence-corrected chi connectivity index (χ0v) is 25.2. The van der Waals surface area contributed by atoms with Gasteiger partial charge in [0, 0.05) is 6.54 Å². The zero-order valence-electron chi connectivity index (χ0n) is 25.2. The third kappa shape index (κ3) is 15.0. The molecule has 0 fully saturated rings. The van der Waals surface area contributed by atoms with E-state index in [9.17, 15) is 14.4 Å². The van der Waals surface area contributed by atoms with Gasteiger partial charge in [0.2, 0.25) is 11.8 Å². The second kappa shape index (κ2) is 21.3. The average molecular weight is 546 g/mol. The zero-order chi connectivity index (χ0) is 28.9. The van der Waals surface area contributed by atoms with Gasteiger partial charge in [0.25, 0.3) is 0 Å². The highest BCUT2D eigenvalue weighted by atomic mass is 16.5. The number of ether oxygens (including phenoxy) is 1. The molecule has 0 spiro atoms. The Morgan fingerprint density at radius 2 is 1.21 bits per heavy atom. The standard InChI is InChI=1S/C32H55N3O4/c1-6-9-10-11-12-13-14-15-16-20-23-33-30(36)28(25(4)7-2)34-31(37)29(26(5)8-3)35-32(38)39-24-27-21-18-17-19-22-27/h17-19,21-22,25-26,28-29H,6-16,20,23-24H2,1-5H3,(H,33,36)(H,34,37)(H,35,38)/t25-,26-,28-,29-/m0/s1. The van der Waals surface area contributed by atoms with Gasteiger partial charge in [-0.3, -0.25) is 9.59 Å². The minimum atomic E-state index is -0.792. The molecule has 1 aromatic rings. The van der Waals surface area contributed by atoms with Crippen LogP contribution in [-0.4, -0.2) is 36.5 Å². The van der Waals surface area contributed by atoms with Gasteiger partial charge in [-0.25, -0.2) is 4.79 Å². The molecule has 7 nitrogen and oxygen atoms in total. The van der Waals surface area contributed by atoms with Crippen molar-refractivity contribution in [2.24, 2.45) is 11.8 Å². The number of unbranched alkanes of at least 4 members (excludes halogenated alkanes) is 9. The smallest absolute Gasteiger partial charge is 0.408 e. The summed E-state index contributed by atoms with van der Waals surface area (Å²) < 4.78 is 5.34. The van der Waals surface area contributed by atoms with Crippen molar-refractivity contribution >= 4 is 17.9 Å². The summed E-state index contributed by atoms with van der Waals surface area (Å²) in [6.07, 6.45) is 13.2. The lowest BCUT2D eigenvalue weighted by Gasteiger charge is -2.28. The molecule has 39 heavy (non-hydrogen) atoms. The first kappa shape index (κ1) is 34.5. The summed E-state index contributed by atoms with van der Waals surface area (Å²) in [5.74, 6) is -0.686. The molecule has 0 aromatic heterocycles. The third-order valence-corrected chi connectivity index (χ3v) is 7.60. The Kier molecular flexibility index (Phi) is 18.8. The molecule has 4 atom stereocenters. The lowest BCUT2D eigenvalue weighted by Crippen LogP contribution is -2.57. The average Bonchev–Trinajstić information content (AvgIpc) is 2.95. The van der Waals surface area contributed by atoms with Crippen LogP contribution in [0, 0.1) is 11.8 Å². The van der Waals surface area contributed by atoms with E-state index in [-0.39, 0.29) is 30.3 Å². The lowest BCUT2D eigenvalue weighted by molar-refractivity contribution is -0.131. The molecule has 0 aliphatic heterocycles. The summed E-state index contributed by atoms with van der Waals surface area (Å²) in [4.78, 5) is 38.8. The molecule has 1 rings (SSSR count). The van der Waals surface area contributed by atoms with Crippen molar-refractivity contribution in [2.45, 2.75) is 130 Å². The number of amides is 3. The summed E-state index contributed by atoms with van der Waals surface area (Å²) in [5, 5.41) is 8.68. The van der Waals surface area contributed by atoms with Gasteiger partial charge in [-0.1, -0.05) is 136 Å².